The third-order valence-electron chi connectivity index (χ3n) is 6.86. The number of carbonyl (C=O) groups excluding carboxylic acids is 1. The first kappa shape index (κ1) is 21.4. The molecule has 0 aliphatic carbocycles. The first-order valence-electron chi connectivity index (χ1n) is 11.5. The van der Waals surface area contributed by atoms with Crippen LogP contribution in [0.25, 0.3) is 0 Å². The topological polar surface area (TPSA) is 97.9 Å². The van der Waals surface area contributed by atoms with Gasteiger partial charge in [-0.05, 0) is 33.3 Å². The van der Waals surface area contributed by atoms with Gasteiger partial charge in [-0.25, -0.2) is 15.0 Å². The molecule has 0 spiro atoms. The van der Waals surface area contributed by atoms with Crippen LogP contribution in [-0.2, 0) is 17.9 Å². The molecule has 2 aliphatic heterocycles. The fraction of sp³-hybridized carbons (Fsp3) is 0.458. The summed E-state index contributed by atoms with van der Waals surface area (Å²) in [6, 6.07) is 4.76. The number of imidazole rings is 1. The van der Waals surface area contributed by atoms with Gasteiger partial charge in [-0.15, -0.1) is 0 Å². The van der Waals surface area contributed by atoms with Crippen LogP contribution in [0.5, 0.6) is 0 Å². The van der Waals surface area contributed by atoms with Crippen LogP contribution in [-0.4, -0.2) is 43.1 Å². The minimum absolute atomic E-state index is 0.00195. The second kappa shape index (κ2) is 8.46. The number of nitrogens with zero attached hydrogens (tertiary/aromatic N) is 6. The highest BCUT2D eigenvalue weighted by atomic mass is 16.2. The Bertz CT molecular complexity index is 1250. The van der Waals surface area contributed by atoms with Crippen molar-refractivity contribution >= 4 is 11.7 Å². The third-order valence-corrected chi connectivity index (χ3v) is 6.86. The van der Waals surface area contributed by atoms with Crippen molar-refractivity contribution in [3.05, 3.63) is 70.0 Å². The summed E-state index contributed by atoms with van der Waals surface area (Å²) in [7, 11) is 0. The lowest BCUT2D eigenvalue weighted by Gasteiger charge is -2.46. The fourth-order valence-corrected chi connectivity index (χ4v) is 5.34. The number of nitrogens with one attached hydrogen (secondary N) is 1. The summed E-state index contributed by atoms with van der Waals surface area (Å²) in [5.74, 6) is 1.68. The standard InChI is InChI=1S/C24H29N7O2/c1-4-29-14-25-10-19(29)11-27-24(33)22-18-8-17(20-6-5-7-21(32)31(20)22)12-30(13-18)23-15(2)9-26-16(3)28-23/h5-7,9-10,14,17-18,22H,4,8,11-13H2,1-3H3,(H,27,33)/t17-,18+,22-/m1/s1. The SMILES string of the molecule is CCn1cncc1CNC(=O)[C@H]1[C@H]2C[C@H](CN(c3nc(C)ncc3C)C2)c2cccc(=O)n21. The monoisotopic (exact) mass is 447 g/mol. The summed E-state index contributed by atoms with van der Waals surface area (Å²) in [6.45, 7) is 8.54. The highest BCUT2D eigenvalue weighted by Crippen LogP contribution is 2.42. The Morgan fingerprint density at radius 3 is 2.88 bits per heavy atom. The molecule has 1 saturated heterocycles. The van der Waals surface area contributed by atoms with E-state index in [-0.39, 0.29) is 23.3 Å². The summed E-state index contributed by atoms with van der Waals surface area (Å²) >= 11 is 0. The molecule has 0 radical (unpaired) electrons. The highest BCUT2D eigenvalue weighted by Gasteiger charge is 2.44. The van der Waals surface area contributed by atoms with Crippen LogP contribution < -0.4 is 15.8 Å². The van der Waals surface area contributed by atoms with E-state index in [4.69, 9.17) is 4.98 Å². The molecule has 0 saturated carbocycles. The molecule has 33 heavy (non-hydrogen) atoms. The van der Waals surface area contributed by atoms with E-state index in [0.717, 1.165) is 48.1 Å². The number of fused-ring (bicyclic) bond motifs is 4. The average Bonchev–Trinajstić information content (AvgIpc) is 3.27. The van der Waals surface area contributed by atoms with Gasteiger partial charge in [0.05, 0.1) is 18.6 Å². The number of hydrogen-bond acceptors (Lipinski definition) is 6. The van der Waals surface area contributed by atoms with Crippen LogP contribution in [0.3, 0.4) is 0 Å². The molecule has 3 atom stereocenters. The quantitative estimate of drug-likeness (QED) is 0.642. The Hall–Kier alpha value is -3.49. The molecule has 9 nitrogen and oxygen atoms in total. The van der Waals surface area contributed by atoms with Gasteiger partial charge < -0.3 is 14.8 Å². The third kappa shape index (κ3) is 3.81. The van der Waals surface area contributed by atoms with Crippen molar-refractivity contribution in [3.63, 3.8) is 0 Å². The van der Waals surface area contributed by atoms with E-state index in [9.17, 15) is 9.59 Å². The Kier molecular flexibility index (Phi) is 5.47. The lowest BCUT2D eigenvalue weighted by molar-refractivity contribution is -0.127. The summed E-state index contributed by atoms with van der Waals surface area (Å²) in [5, 5.41) is 3.07. The molecule has 3 aromatic rings. The Morgan fingerprint density at radius 1 is 1.21 bits per heavy atom. The normalized spacial score (nSPS) is 21.5. The van der Waals surface area contributed by atoms with Gasteiger partial charge in [0, 0.05) is 61.2 Å². The number of pyridine rings is 1. The van der Waals surface area contributed by atoms with Crippen molar-refractivity contribution in [3.8, 4) is 0 Å². The van der Waals surface area contributed by atoms with Gasteiger partial charge in [0.1, 0.15) is 17.7 Å². The maximum Gasteiger partial charge on any atom is 0.251 e. The van der Waals surface area contributed by atoms with Gasteiger partial charge >= 0.3 is 0 Å². The number of aromatic nitrogens is 5. The van der Waals surface area contributed by atoms with Gasteiger partial charge in [0.15, 0.2) is 0 Å². The number of piperidine rings is 1. The highest BCUT2D eigenvalue weighted by molar-refractivity contribution is 5.81. The number of anilines is 1. The molecule has 172 valence electrons. The van der Waals surface area contributed by atoms with E-state index in [1.54, 1.807) is 29.2 Å². The molecule has 5 rings (SSSR count). The van der Waals surface area contributed by atoms with E-state index in [0.29, 0.717) is 13.1 Å². The summed E-state index contributed by atoms with van der Waals surface area (Å²) in [4.78, 5) is 41.9. The smallest absolute Gasteiger partial charge is 0.251 e. The van der Waals surface area contributed by atoms with Crippen LogP contribution in [0.15, 0.2) is 41.7 Å². The predicted molar refractivity (Wildman–Crippen MR) is 124 cm³/mol. The summed E-state index contributed by atoms with van der Waals surface area (Å²) in [5.41, 5.74) is 2.76. The van der Waals surface area contributed by atoms with Gasteiger partial charge in [0.25, 0.3) is 5.56 Å². The van der Waals surface area contributed by atoms with Crippen LogP contribution in [0.1, 0.15) is 48.1 Å². The van der Waals surface area contributed by atoms with Crippen molar-refractivity contribution in [1.82, 2.24) is 29.4 Å². The lowest BCUT2D eigenvalue weighted by Crippen LogP contribution is -2.53. The van der Waals surface area contributed by atoms with Gasteiger partial charge in [0.2, 0.25) is 5.91 Å². The van der Waals surface area contributed by atoms with Crippen LogP contribution in [0.2, 0.25) is 0 Å². The van der Waals surface area contributed by atoms with Crippen LogP contribution in [0.4, 0.5) is 5.82 Å². The summed E-state index contributed by atoms with van der Waals surface area (Å²) < 4.78 is 3.72. The van der Waals surface area contributed by atoms with E-state index < -0.39 is 6.04 Å². The Morgan fingerprint density at radius 2 is 2.06 bits per heavy atom. The number of amides is 1. The van der Waals surface area contributed by atoms with Gasteiger partial charge in [-0.2, -0.15) is 0 Å². The fourth-order valence-electron chi connectivity index (χ4n) is 5.34. The van der Waals surface area contributed by atoms with Crippen molar-refractivity contribution < 1.29 is 4.79 Å². The van der Waals surface area contributed by atoms with E-state index in [1.807, 2.05) is 37.6 Å². The van der Waals surface area contributed by atoms with Crippen LogP contribution >= 0.6 is 0 Å². The zero-order valence-corrected chi connectivity index (χ0v) is 19.2. The first-order valence-corrected chi connectivity index (χ1v) is 11.5. The van der Waals surface area contributed by atoms with Crippen LogP contribution in [0, 0.1) is 19.8 Å². The summed E-state index contributed by atoms with van der Waals surface area (Å²) in [6.07, 6.45) is 6.25. The first-order chi connectivity index (χ1) is 16.0. The molecule has 1 N–H and O–H groups in total. The number of carbonyl (C=O) groups is 1. The van der Waals surface area contributed by atoms with E-state index in [2.05, 4.69) is 20.2 Å². The molecular formula is C24H29N7O2. The minimum atomic E-state index is -0.561. The number of aryl methyl sites for hydroxylation is 3. The number of rotatable bonds is 5. The Balaban J connectivity index is 1.48. The Labute approximate surface area is 192 Å². The van der Waals surface area contributed by atoms with Gasteiger partial charge in [-0.1, -0.05) is 6.07 Å². The number of hydrogen-bond donors (Lipinski definition) is 1. The maximum atomic E-state index is 13.5. The molecule has 0 aromatic carbocycles. The molecule has 0 unspecified atom stereocenters. The van der Waals surface area contributed by atoms with Crippen molar-refractivity contribution in [2.24, 2.45) is 5.92 Å². The molecule has 1 amide bonds. The molecular weight excluding hydrogens is 418 g/mol. The minimum Gasteiger partial charge on any atom is -0.355 e. The molecule has 2 bridgehead atoms. The molecule has 2 aliphatic rings. The second-order valence-electron chi connectivity index (χ2n) is 9.01. The van der Waals surface area contributed by atoms with Crippen molar-refractivity contribution in [1.29, 1.82) is 0 Å². The molecule has 1 fully saturated rings. The lowest BCUT2D eigenvalue weighted by atomic mass is 9.78. The van der Waals surface area contributed by atoms with Crippen molar-refractivity contribution in [2.45, 2.75) is 52.2 Å². The second-order valence-corrected chi connectivity index (χ2v) is 9.01. The van der Waals surface area contributed by atoms with E-state index in [1.165, 1.54) is 0 Å². The zero-order valence-electron chi connectivity index (χ0n) is 19.2. The molecule has 9 heteroatoms. The van der Waals surface area contributed by atoms with E-state index >= 15 is 0 Å². The van der Waals surface area contributed by atoms with Gasteiger partial charge in [-0.3, -0.25) is 14.2 Å². The molecule has 3 aromatic heterocycles. The maximum absolute atomic E-state index is 13.5. The average molecular weight is 448 g/mol. The van der Waals surface area contributed by atoms with Crippen molar-refractivity contribution in [2.75, 3.05) is 18.0 Å². The molecule has 5 heterocycles. The largest absolute Gasteiger partial charge is 0.355 e. The predicted octanol–water partition coefficient (Wildman–Crippen LogP) is 1.95. The zero-order chi connectivity index (χ0) is 23.1.